The van der Waals surface area contributed by atoms with Crippen LogP contribution < -0.4 is 5.32 Å². The molecule has 0 radical (unpaired) electrons. The zero-order valence-corrected chi connectivity index (χ0v) is 12.5. The van der Waals surface area contributed by atoms with Crippen molar-refractivity contribution in [1.82, 2.24) is 5.32 Å². The Balaban J connectivity index is 2.54. The minimum Gasteiger partial charge on any atom is -0.316 e. The van der Waals surface area contributed by atoms with Gasteiger partial charge >= 0.3 is 0 Å². The summed E-state index contributed by atoms with van der Waals surface area (Å²) in [6, 6.07) is 0. The maximum absolute atomic E-state index is 3.66. The van der Waals surface area contributed by atoms with Gasteiger partial charge < -0.3 is 5.32 Å². The predicted molar refractivity (Wildman–Crippen MR) is 77.3 cm³/mol. The second-order valence-electron chi connectivity index (χ2n) is 6.93. The highest BCUT2D eigenvalue weighted by Crippen LogP contribution is 2.38. The van der Waals surface area contributed by atoms with Crippen molar-refractivity contribution < 1.29 is 0 Å². The van der Waals surface area contributed by atoms with Crippen molar-refractivity contribution in [3.05, 3.63) is 0 Å². The number of hydrogen-bond donors (Lipinski definition) is 1. The SMILES string of the molecule is CCCNCC(C1CCCCCC1)C(C)(C)C. The van der Waals surface area contributed by atoms with E-state index in [1.165, 1.54) is 58.0 Å². The van der Waals surface area contributed by atoms with E-state index in [0.29, 0.717) is 5.41 Å². The average Bonchev–Trinajstić information content (AvgIpc) is 2.51. The maximum Gasteiger partial charge on any atom is -0.00129 e. The molecule has 0 saturated heterocycles. The lowest BCUT2D eigenvalue weighted by molar-refractivity contribution is 0.140. The van der Waals surface area contributed by atoms with E-state index in [-0.39, 0.29) is 0 Å². The van der Waals surface area contributed by atoms with Crippen LogP contribution in [0.4, 0.5) is 0 Å². The summed E-state index contributed by atoms with van der Waals surface area (Å²) in [4.78, 5) is 0. The Morgan fingerprint density at radius 3 is 2.12 bits per heavy atom. The van der Waals surface area contributed by atoms with Crippen molar-refractivity contribution in [3.8, 4) is 0 Å². The molecule has 0 aliphatic heterocycles. The second-order valence-corrected chi connectivity index (χ2v) is 6.93. The van der Waals surface area contributed by atoms with Gasteiger partial charge in [-0.1, -0.05) is 66.2 Å². The summed E-state index contributed by atoms with van der Waals surface area (Å²) in [5.74, 6) is 1.81. The van der Waals surface area contributed by atoms with Crippen LogP contribution in [-0.4, -0.2) is 13.1 Å². The summed E-state index contributed by atoms with van der Waals surface area (Å²) in [5.41, 5.74) is 0.454. The monoisotopic (exact) mass is 239 g/mol. The Morgan fingerprint density at radius 1 is 1.06 bits per heavy atom. The summed E-state index contributed by atoms with van der Waals surface area (Å²) in [7, 11) is 0. The largest absolute Gasteiger partial charge is 0.316 e. The standard InChI is InChI=1S/C16H33N/c1-5-12-17-13-15(16(2,3)4)14-10-8-6-7-9-11-14/h14-15,17H,5-13H2,1-4H3. The van der Waals surface area contributed by atoms with Crippen molar-refractivity contribution in [3.63, 3.8) is 0 Å². The third-order valence-corrected chi connectivity index (χ3v) is 4.37. The third-order valence-electron chi connectivity index (χ3n) is 4.37. The van der Waals surface area contributed by atoms with Crippen LogP contribution in [0.3, 0.4) is 0 Å². The van der Waals surface area contributed by atoms with Crippen LogP contribution in [0.15, 0.2) is 0 Å². The fourth-order valence-electron chi connectivity index (χ4n) is 3.33. The van der Waals surface area contributed by atoms with Gasteiger partial charge in [-0.05, 0) is 36.8 Å². The van der Waals surface area contributed by atoms with Crippen LogP contribution in [-0.2, 0) is 0 Å². The van der Waals surface area contributed by atoms with Crippen LogP contribution in [0, 0.1) is 17.3 Å². The first-order valence-electron chi connectivity index (χ1n) is 7.76. The highest BCUT2D eigenvalue weighted by Gasteiger charge is 2.31. The molecule has 1 unspecified atom stereocenters. The van der Waals surface area contributed by atoms with Crippen molar-refractivity contribution in [1.29, 1.82) is 0 Å². The molecule has 1 N–H and O–H groups in total. The first-order valence-corrected chi connectivity index (χ1v) is 7.76. The van der Waals surface area contributed by atoms with Crippen molar-refractivity contribution in [2.24, 2.45) is 17.3 Å². The van der Waals surface area contributed by atoms with E-state index in [1.807, 2.05) is 0 Å². The van der Waals surface area contributed by atoms with Gasteiger partial charge in [-0.15, -0.1) is 0 Å². The van der Waals surface area contributed by atoms with Crippen LogP contribution in [0.5, 0.6) is 0 Å². The van der Waals surface area contributed by atoms with Gasteiger partial charge in [-0.3, -0.25) is 0 Å². The van der Waals surface area contributed by atoms with E-state index in [0.717, 1.165) is 11.8 Å². The Hall–Kier alpha value is -0.0400. The summed E-state index contributed by atoms with van der Waals surface area (Å²) >= 11 is 0. The molecule has 1 heteroatoms. The van der Waals surface area contributed by atoms with Crippen LogP contribution >= 0.6 is 0 Å². The Morgan fingerprint density at radius 2 is 1.65 bits per heavy atom. The van der Waals surface area contributed by atoms with Crippen molar-refractivity contribution in [2.75, 3.05) is 13.1 Å². The molecule has 0 spiro atoms. The van der Waals surface area contributed by atoms with Crippen LogP contribution in [0.2, 0.25) is 0 Å². The van der Waals surface area contributed by atoms with Gasteiger partial charge in [0, 0.05) is 0 Å². The third kappa shape index (κ3) is 5.42. The molecule has 1 atom stereocenters. The lowest BCUT2D eigenvalue weighted by Gasteiger charge is -2.37. The molecule has 0 bridgehead atoms. The van der Waals surface area contributed by atoms with E-state index in [2.05, 4.69) is 33.0 Å². The molecular weight excluding hydrogens is 206 g/mol. The zero-order chi connectivity index (χ0) is 12.7. The molecule has 1 rings (SSSR count). The van der Waals surface area contributed by atoms with Crippen molar-refractivity contribution in [2.45, 2.75) is 72.6 Å². The van der Waals surface area contributed by atoms with Gasteiger partial charge in [-0.2, -0.15) is 0 Å². The van der Waals surface area contributed by atoms with E-state index in [9.17, 15) is 0 Å². The molecular formula is C16H33N. The molecule has 102 valence electrons. The van der Waals surface area contributed by atoms with Crippen molar-refractivity contribution >= 4 is 0 Å². The first-order chi connectivity index (χ1) is 8.05. The van der Waals surface area contributed by atoms with E-state index in [4.69, 9.17) is 0 Å². The molecule has 1 aliphatic carbocycles. The van der Waals surface area contributed by atoms with Gasteiger partial charge in [0.05, 0.1) is 0 Å². The van der Waals surface area contributed by atoms with Crippen LogP contribution in [0.1, 0.15) is 72.6 Å². The average molecular weight is 239 g/mol. The molecule has 1 saturated carbocycles. The lowest BCUT2D eigenvalue weighted by atomic mass is 9.70. The summed E-state index contributed by atoms with van der Waals surface area (Å²) in [6.07, 6.45) is 10.1. The van der Waals surface area contributed by atoms with E-state index < -0.39 is 0 Å². The molecule has 0 aromatic carbocycles. The highest BCUT2D eigenvalue weighted by molar-refractivity contribution is 4.83. The quantitative estimate of drug-likeness (QED) is 0.545. The van der Waals surface area contributed by atoms with Gasteiger partial charge in [0.15, 0.2) is 0 Å². The number of rotatable bonds is 5. The molecule has 1 fully saturated rings. The van der Waals surface area contributed by atoms with Gasteiger partial charge in [0.2, 0.25) is 0 Å². The molecule has 0 aromatic heterocycles. The van der Waals surface area contributed by atoms with Gasteiger partial charge in [-0.25, -0.2) is 0 Å². The maximum atomic E-state index is 3.66. The number of hydrogen-bond acceptors (Lipinski definition) is 1. The molecule has 1 aliphatic rings. The molecule has 0 amide bonds. The van der Waals surface area contributed by atoms with Gasteiger partial charge in [0.25, 0.3) is 0 Å². The molecule has 1 nitrogen and oxygen atoms in total. The second kappa shape index (κ2) is 7.41. The predicted octanol–water partition coefficient (Wildman–Crippen LogP) is 4.62. The normalized spacial score (nSPS) is 21.2. The highest BCUT2D eigenvalue weighted by atomic mass is 14.9. The minimum atomic E-state index is 0.454. The van der Waals surface area contributed by atoms with E-state index in [1.54, 1.807) is 0 Å². The minimum absolute atomic E-state index is 0.454. The number of nitrogens with one attached hydrogen (secondary N) is 1. The summed E-state index contributed by atoms with van der Waals surface area (Å²) in [5, 5.41) is 3.66. The lowest BCUT2D eigenvalue weighted by Crippen LogP contribution is -2.37. The molecule has 0 aromatic rings. The first kappa shape index (κ1) is 15.0. The summed E-state index contributed by atoms with van der Waals surface area (Å²) in [6.45, 7) is 11.9. The van der Waals surface area contributed by atoms with Gasteiger partial charge in [0.1, 0.15) is 0 Å². The van der Waals surface area contributed by atoms with E-state index >= 15 is 0 Å². The Bertz CT molecular complexity index is 184. The topological polar surface area (TPSA) is 12.0 Å². The zero-order valence-electron chi connectivity index (χ0n) is 12.5. The fraction of sp³-hybridized carbons (Fsp3) is 1.00. The smallest absolute Gasteiger partial charge is 0.00129 e. The Labute approximate surface area is 109 Å². The fourth-order valence-corrected chi connectivity index (χ4v) is 3.33. The van der Waals surface area contributed by atoms with Crippen LogP contribution in [0.25, 0.3) is 0 Å². The Kier molecular flexibility index (Phi) is 6.54. The molecule has 0 heterocycles. The summed E-state index contributed by atoms with van der Waals surface area (Å²) < 4.78 is 0. The molecule has 17 heavy (non-hydrogen) atoms.